The van der Waals surface area contributed by atoms with Crippen LogP contribution in [0.2, 0.25) is 5.02 Å². The van der Waals surface area contributed by atoms with Crippen LogP contribution in [0.1, 0.15) is 11.3 Å². The van der Waals surface area contributed by atoms with E-state index in [2.05, 4.69) is 15.4 Å². The molecule has 3 aromatic heterocycles. The number of anilines is 2. The van der Waals surface area contributed by atoms with Crippen LogP contribution in [0.25, 0.3) is 22.5 Å². The summed E-state index contributed by atoms with van der Waals surface area (Å²) in [4.78, 5) is 9.30. The number of halogens is 1. The summed E-state index contributed by atoms with van der Waals surface area (Å²) >= 11 is 6.08. The van der Waals surface area contributed by atoms with Crippen LogP contribution in [-0.2, 0) is 26.9 Å². The van der Waals surface area contributed by atoms with Gasteiger partial charge in [-0.2, -0.15) is 10.2 Å². The Labute approximate surface area is 167 Å². The molecule has 1 N–H and O–H groups in total. The topological polar surface area (TPSA) is 73.5 Å². The second kappa shape index (κ2) is 6.45. The highest BCUT2D eigenvalue weighted by Gasteiger charge is 2.27. The molecular formula is C20H18ClN7. The fraction of sp³-hybridized carbons (Fsp3) is 0.200. The summed E-state index contributed by atoms with van der Waals surface area (Å²) in [5, 5.41) is 13.0. The molecule has 5 rings (SSSR count). The van der Waals surface area contributed by atoms with Crippen LogP contribution in [-0.4, -0.2) is 29.5 Å². The Morgan fingerprint density at radius 1 is 1.04 bits per heavy atom. The summed E-state index contributed by atoms with van der Waals surface area (Å²) in [6, 6.07) is 9.71. The first-order valence-electron chi connectivity index (χ1n) is 9.03. The van der Waals surface area contributed by atoms with Crippen LogP contribution in [0.3, 0.4) is 0 Å². The van der Waals surface area contributed by atoms with Gasteiger partial charge in [0, 0.05) is 48.7 Å². The van der Waals surface area contributed by atoms with Crippen LogP contribution in [0.5, 0.6) is 0 Å². The number of benzene rings is 1. The highest BCUT2D eigenvalue weighted by Crippen LogP contribution is 2.39. The van der Waals surface area contributed by atoms with Crippen LogP contribution in [0, 0.1) is 0 Å². The number of fused-ring (bicyclic) bond motifs is 3. The summed E-state index contributed by atoms with van der Waals surface area (Å²) in [5.41, 5.74) is 6.27. The lowest BCUT2D eigenvalue weighted by molar-refractivity contribution is 0.741. The van der Waals surface area contributed by atoms with E-state index in [4.69, 9.17) is 21.7 Å². The molecule has 0 saturated heterocycles. The molecule has 0 fully saturated rings. The van der Waals surface area contributed by atoms with Crippen molar-refractivity contribution in [3.05, 3.63) is 59.0 Å². The summed E-state index contributed by atoms with van der Waals surface area (Å²) in [7, 11) is 3.84. The molecule has 3 heterocycles. The number of rotatable bonds is 3. The number of nitrogens with one attached hydrogen (secondary N) is 1. The molecule has 28 heavy (non-hydrogen) atoms. The second-order valence-corrected chi connectivity index (χ2v) is 7.30. The van der Waals surface area contributed by atoms with Gasteiger partial charge in [0.1, 0.15) is 0 Å². The van der Waals surface area contributed by atoms with Crippen molar-refractivity contribution in [3.8, 4) is 22.5 Å². The first-order valence-corrected chi connectivity index (χ1v) is 9.41. The molecule has 0 saturated carbocycles. The van der Waals surface area contributed by atoms with Gasteiger partial charge in [-0.25, -0.2) is 9.97 Å². The summed E-state index contributed by atoms with van der Waals surface area (Å²) < 4.78 is 3.66. The number of hydrogen-bond donors (Lipinski definition) is 1. The van der Waals surface area contributed by atoms with E-state index in [0.717, 1.165) is 46.6 Å². The van der Waals surface area contributed by atoms with Gasteiger partial charge in [-0.15, -0.1) is 0 Å². The third kappa shape index (κ3) is 2.84. The highest BCUT2D eigenvalue weighted by molar-refractivity contribution is 6.30. The van der Waals surface area contributed by atoms with Crippen molar-refractivity contribution in [1.29, 1.82) is 0 Å². The Morgan fingerprint density at radius 3 is 2.61 bits per heavy atom. The van der Waals surface area contributed by atoms with Gasteiger partial charge in [-0.1, -0.05) is 23.7 Å². The van der Waals surface area contributed by atoms with Gasteiger partial charge in [0.05, 0.1) is 17.1 Å². The predicted molar refractivity (Wildman–Crippen MR) is 109 cm³/mol. The average Bonchev–Trinajstić information content (AvgIpc) is 3.24. The van der Waals surface area contributed by atoms with Gasteiger partial charge in [-0.3, -0.25) is 9.36 Å². The summed E-state index contributed by atoms with van der Waals surface area (Å²) in [6.45, 7) is 0. The first kappa shape index (κ1) is 16.9. The van der Waals surface area contributed by atoms with Gasteiger partial charge in [0.25, 0.3) is 0 Å². The van der Waals surface area contributed by atoms with E-state index in [9.17, 15) is 0 Å². The molecule has 1 aromatic carbocycles. The fourth-order valence-electron chi connectivity index (χ4n) is 3.66. The number of nitrogens with zero attached hydrogens (tertiary/aromatic N) is 6. The van der Waals surface area contributed by atoms with Gasteiger partial charge in [0.2, 0.25) is 5.95 Å². The molecule has 0 radical (unpaired) electrons. The SMILES string of the molecule is Cn1ccc(Nc2ncc3c(n2)-c2c(nn(C)c2-c2ccc(Cl)cc2)CC3)n1. The molecule has 0 aliphatic heterocycles. The highest BCUT2D eigenvalue weighted by atomic mass is 35.5. The van der Waals surface area contributed by atoms with E-state index < -0.39 is 0 Å². The molecule has 0 atom stereocenters. The van der Waals surface area contributed by atoms with Crippen LogP contribution in [0.4, 0.5) is 11.8 Å². The van der Waals surface area contributed by atoms with Crippen molar-refractivity contribution in [2.75, 3.05) is 5.32 Å². The van der Waals surface area contributed by atoms with Gasteiger partial charge in [0.15, 0.2) is 5.82 Å². The lowest BCUT2D eigenvalue weighted by Gasteiger charge is -2.16. The minimum absolute atomic E-state index is 0.524. The molecular weight excluding hydrogens is 374 g/mol. The Bertz CT molecular complexity index is 1170. The lowest BCUT2D eigenvalue weighted by Crippen LogP contribution is -2.08. The molecule has 4 aromatic rings. The van der Waals surface area contributed by atoms with Crippen LogP contribution in [0.15, 0.2) is 42.7 Å². The van der Waals surface area contributed by atoms with Gasteiger partial charge < -0.3 is 5.32 Å². The molecule has 1 aliphatic rings. The number of aromatic nitrogens is 6. The maximum Gasteiger partial charge on any atom is 0.228 e. The molecule has 0 unspecified atom stereocenters. The standard InChI is InChI=1S/C20H18ClN7/c1-27-10-9-16(26-27)23-20-22-11-13-5-8-15-17(18(13)24-20)19(28(2)25-15)12-3-6-14(21)7-4-12/h3-4,6-7,9-11H,5,8H2,1-2H3,(H,22,23,24,26). The quantitative estimate of drug-likeness (QED) is 0.575. The second-order valence-electron chi connectivity index (χ2n) is 6.87. The average molecular weight is 392 g/mol. The third-order valence-corrected chi connectivity index (χ3v) is 5.18. The Morgan fingerprint density at radius 2 is 1.86 bits per heavy atom. The molecule has 0 spiro atoms. The smallest absolute Gasteiger partial charge is 0.228 e. The Hall–Kier alpha value is -3.19. The first-order chi connectivity index (χ1) is 13.6. The zero-order valence-corrected chi connectivity index (χ0v) is 16.3. The molecule has 0 amide bonds. The Kier molecular flexibility index (Phi) is 3.91. The van der Waals surface area contributed by atoms with E-state index in [-0.39, 0.29) is 0 Å². The molecule has 140 valence electrons. The van der Waals surface area contributed by atoms with Crippen molar-refractivity contribution in [2.45, 2.75) is 12.8 Å². The molecule has 0 bridgehead atoms. The van der Waals surface area contributed by atoms with Crippen molar-refractivity contribution >= 4 is 23.4 Å². The minimum Gasteiger partial charge on any atom is -0.307 e. The van der Waals surface area contributed by atoms with Gasteiger partial charge >= 0.3 is 0 Å². The number of hydrogen-bond acceptors (Lipinski definition) is 5. The van der Waals surface area contributed by atoms with E-state index in [1.807, 2.05) is 61.5 Å². The largest absolute Gasteiger partial charge is 0.307 e. The monoisotopic (exact) mass is 391 g/mol. The van der Waals surface area contributed by atoms with Gasteiger partial charge in [-0.05, 0) is 30.5 Å². The molecule has 8 heteroatoms. The Balaban J connectivity index is 1.63. The lowest BCUT2D eigenvalue weighted by atomic mass is 9.91. The van der Waals surface area contributed by atoms with E-state index in [1.54, 1.807) is 4.68 Å². The van der Waals surface area contributed by atoms with Crippen molar-refractivity contribution < 1.29 is 0 Å². The van der Waals surface area contributed by atoms with Crippen molar-refractivity contribution in [3.63, 3.8) is 0 Å². The summed E-state index contributed by atoms with van der Waals surface area (Å²) in [6.07, 6.45) is 5.52. The predicted octanol–water partition coefficient (Wildman–Crippen LogP) is 3.77. The maximum absolute atomic E-state index is 6.08. The zero-order chi connectivity index (χ0) is 19.3. The van der Waals surface area contributed by atoms with Crippen molar-refractivity contribution in [2.24, 2.45) is 14.1 Å². The number of aryl methyl sites for hydroxylation is 4. The minimum atomic E-state index is 0.524. The molecule has 1 aliphatic carbocycles. The van der Waals surface area contributed by atoms with Crippen LogP contribution < -0.4 is 5.32 Å². The molecule has 7 nitrogen and oxygen atoms in total. The van der Waals surface area contributed by atoms with E-state index in [1.165, 1.54) is 0 Å². The van der Waals surface area contributed by atoms with E-state index in [0.29, 0.717) is 16.8 Å². The van der Waals surface area contributed by atoms with Crippen molar-refractivity contribution in [1.82, 2.24) is 29.5 Å². The maximum atomic E-state index is 6.08. The fourth-order valence-corrected chi connectivity index (χ4v) is 3.78. The van der Waals surface area contributed by atoms with Crippen LogP contribution >= 0.6 is 11.6 Å². The zero-order valence-electron chi connectivity index (χ0n) is 15.5. The third-order valence-electron chi connectivity index (χ3n) is 4.92. The van der Waals surface area contributed by atoms with E-state index >= 15 is 0 Å². The summed E-state index contributed by atoms with van der Waals surface area (Å²) in [5.74, 6) is 1.24. The normalized spacial score (nSPS) is 12.5.